The maximum atomic E-state index is 12.0. The van der Waals surface area contributed by atoms with Crippen LogP contribution in [0.15, 0.2) is 18.2 Å². The van der Waals surface area contributed by atoms with Crippen LogP contribution >= 0.6 is 11.6 Å². The van der Waals surface area contributed by atoms with Crippen LogP contribution in [0.25, 0.3) is 0 Å². The normalized spacial score (nSPS) is 16.3. The van der Waals surface area contributed by atoms with E-state index in [2.05, 4.69) is 6.92 Å². The van der Waals surface area contributed by atoms with Gasteiger partial charge >= 0.3 is 5.97 Å². The molecule has 0 radical (unpaired) electrons. The number of nitrogen functional groups attached to an aromatic ring is 1. The molecule has 1 atom stereocenters. The summed E-state index contributed by atoms with van der Waals surface area (Å²) in [6.45, 7) is 2.61. The Morgan fingerprint density at radius 2 is 2.24 bits per heavy atom. The summed E-state index contributed by atoms with van der Waals surface area (Å²) in [6, 6.07) is 5.71. The maximum Gasteiger partial charge on any atom is 0.306 e. The van der Waals surface area contributed by atoms with E-state index in [1.54, 1.807) is 0 Å². The van der Waals surface area contributed by atoms with Crippen molar-refractivity contribution in [1.82, 2.24) is 0 Å². The average Bonchev–Trinajstić information content (AvgIpc) is 2.39. The van der Waals surface area contributed by atoms with Crippen LogP contribution in [0.1, 0.15) is 56.9 Å². The van der Waals surface area contributed by atoms with Crippen LogP contribution in [0.5, 0.6) is 0 Å². The summed E-state index contributed by atoms with van der Waals surface area (Å²) in [6.07, 6.45) is 6.00. The fourth-order valence-electron chi connectivity index (χ4n) is 2.76. The van der Waals surface area contributed by atoms with Crippen molar-refractivity contribution in [2.45, 2.75) is 51.4 Å². The number of nitrogens with two attached hydrogens (primary N) is 1. The molecule has 1 fully saturated rings. The van der Waals surface area contributed by atoms with Crippen LogP contribution in [0, 0.1) is 5.92 Å². The molecule has 4 heteroatoms. The van der Waals surface area contributed by atoms with E-state index in [0.717, 1.165) is 18.4 Å². The van der Waals surface area contributed by atoms with E-state index >= 15 is 0 Å². The van der Waals surface area contributed by atoms with Crippen LogP contribution in [0.3, 0.4) is 0 Å². The first kappa shape index (κ1) is 16.2. The van der Waals surface area contributed by atoms with E-state index in [-0.39, 0.29) is 11.9 Å². The number of anilines is 1. The van der Waals surface area contributed by atoms with Crippen molar-refractivity contribution in [1.29, 1.82) is 0 Å². The van der Waals surface area contributed by atoms with Gasteiger partial charge in [0.15, 0.2) is 0 Å². The Kier molecular flexibility index (Phi) is 5.92. The van der Waals surface area contributed by atoms with Gasteiger partial charge in [0.25, 0.3) is 0 Å². The van der Waals surface area contributed by atoms with Crippen LogP contribution in [0.4, 0.5) is 5.69 Å². The van der Waals surface area contributed by atoms with Gasteiger partial charge in [-0.25, -0.2) is 0 Å². The lowest BCUT2D eigenvalue weighted by atomic mass is 9.71. The van der Waals surface area contributed by atoms with Crippen LogP contribution < -0.4 is 5.73 Å². The second-order valence-corrected chi connectivity index (χ2v) is 6.26. The Hall–Kier alpha value is -1.22. The average molecular weight is 310 g/mol. The van der Waals surface area contributed by atoms with Crippen molar-refractivity contribution in [2.75, 3.05) is 12.3 Å². The van der Waals surface area contributed by atoms with Gasteiger partial charge in [0.1, 0.15) is 0 Å². The number of ether oxygens (including phenoxy) is 1. The molecular formula is C17H24ClNO2. The minimum atomic E-state index is -0.103. The van der Waals surface area contributed by atoms with E-state index in [1.165, 1.54) is 19.3 Å². The summed E-state index contributed by atoms with van der Waals surface area (Å²) in [5.41, 5.74) is 7.59. The predicted molar refractivity (Wildman–Crippen MR) is 86.4 cm³/mol. The first-order chi connectivity index (χ1) is 10.1. The number of carbonyl (C=O) groups is 1. The first-order valence-corrected chi connectivity index (χ1v) is 8.20. The monoisotopic (exact) mass is 309 g/mol. The molecule has 21 heavy (non-hydrogen) atoms. The molecule has 1 unspecified atom stereocenters. The summed E-state index contributed by atoms with van der Waals surface area (Å²) in [4.78, 5) is 12.0. The Balaban J connectivity index is 2.03. The first-order valence-electron chi connectivity index (χ1n) is 7.82. The highest BCUT2D eigenvalue weighted by molar-refractivity contribution is 6.33. The van der Waals surface area contributed by atoms with Crippen molar-refractivity contribution >= 4 is 23.3 Å². The third-order valence-corrected chi connectivity index (χ3v) is 4.66. The van der Waals surface area contributed by atoms with Gasteiger partial charge in [-0.15, -0.1) is 0 Å². The van der Waals surface area contributed by atoms with Crippen LogP contribution in [0.2, 0.25) is 5.02 Å². The lowest BCUT2D eigenvalue weighted by molar-refractivity contribution is -0.144. The lowest BCUT2D eigenvalue weighted by Crippen LogP contribution is -2.24. The molecule has 0 saturated heterocycles. The molecule has 1 saturated carbocycles. The summed E-state index contributed by atoms with van der Waals surface area (Å²) < 4.78 is 5.31. The quantitative estimate of drug-likeness (QED) is 0.457. The summed E-state index contributed by atoms with van der Waals surface area (Å²) in [5.74, 6) is 0.658. The topological polar surface area (TPSA) is 52.3 Å². The van der Waals surface area contributed by atoms with Gasteiger partial charge in [0, 0.05) is 0 Å². The van der Waals surface area contributed by atoms with E-state index < -0.39 is 0 Å². The molecule has 1 aromatic carbocycles. The molecule has 0 bridgehead atoms. The minimum Gasteiger partial charge on any atom is -0.466 e. The Morgan fingerprint density at radius 1 is 1.48 bits per heavy atom. The highest BCUT2D eigenvalue weighted by Crippen LogP contribution is 2.42. The number of esters is 1. The largest absolute Gasteiger partial charge is 0.466 e. The minimum absolute atomic E-state index is 0.103. The highest BCUT2D eigenvalue weighted by atomic mass is 35.5. The number of hydrogen-bond acceptors (Lipinski definition) is 3. The van der Waals surface area contributed by atoms with Gasteiger partial charge in [-0.2, -0.15) is 0 Å². The molecule has 116 valence electrons. The zero-order valence-corrected chi connectivity index (χ0v) is 13.4. The van der Waals surface area contributed by atoms with Crippen LogP contribution in [-0.4, -0.2) is 12.6 Å². The number of unbranched alkanes of at least 4 members (excludes halogenated alkanes) is 1. The molecular weight excluding hydrogens is 286 g/mol. The number of benzene rings is 1. The zero-order valence-electron chi connectivity index (χ0n) is 12.6. The lowest BCUT2D eigenvalue weighted by Gasteiger charge is -2.33. The van der Waals surface area contributed by atoms with Crippen molar-refractivity contribution < 1.29 is 9.53 Å². The SMILES string of the molecule is CCCCOC(=O)CC(c1ccc(Cl)c(N)c1)C1CCC1. The highest BCUT2D eigenvalue weighted by Gasteiger charge is 2.30. The summed E-state index contributed by atoms with van der Waals surface area (Å²) in [7, 11) is 0. The molecule has 1 aliphatic rings. The molecule has 0 spiro atoms. The second-order valence-electron chi connectivity index (χ2n) is 5.86. The van der Waals surface area contributed by atoms with Gasteiger partial charge < -0.3 is 10.5 Å². The van der Waals surface area contributed by atoms with E-state index in [1.807, 2.05) is 18.2 Å². The molecule has 0 heterocycles. The van der Waals surface area contributed by atoms with Gasteiger partial charge in [0.05, 0.1) is 23.7 Å². The Morgan fingerprint density at radius 3 is 2.81 bits per heavy atom. The van der Waals surface area contributed by atoms with Gasteiger partial charge in [-0.3, -0.25) is 4.79 Å². The number of halogens is 1. The van der Waals surface area contributed by atoms with Crippen molar-refractivity contribution in [3.05, 3.63) is 28.8 Å². The Bertz CT molecular complexity index is 486. The molecule has 1 aromatic rings. The molecule has 3 nitrogen and oxygen atoms in total. The van der Waals surface area contributed by atoms with E-state index in [4.69, 9.17) is 22.1 Å². The fraction of sp³-hybridized carbons (Fsp3) is 0.588. The maximum absolute atomic E-state index is 12.0. The van der Waals surface area contributed by atoms with Crippen molar-refractivity contribution in [3.8, 4) is 0 Å². The van der Waals surface area contributed by atoms with Crippen molar-refractivity contribution in [3.63, 3.8) is 0 Å². The zero-order chi connectivity index (χ0) is 15.2. The van der Waals surface area contributed by atoms with E-state index in [0.29, 0.717) is 29.7 Å². The third kappa shape index (κ3) is 4.37. The third-order valence-electron chi connectivity index (χ3n) is 4.31. The Labute approximate surface area is 131 Å². The second kappa shape index (κ2) is 7.69. The molecule has 2 rings (SSSR count). The number of rotatable bonds is 7. The van der Waals surface area contributed by atoms with Gasteiger partial charge in [0.2, 0.25) is 0 Å². The summed E-state index contributed by atoms with van der Waals surface area (Å²) in [5, 5.41) is 0.566. The summed E-state index contributed by atoms with van der Waals surface area (Å²) >= 11 is 5.99. The molecule has 2 N–H and O–H groups in total. The number of carbonyl (C=O) groups excluding carboxylic acids is 1. The van der Waals surface area contributed by atoms with Gasteiger partial charge in [-0.1, -0.05) is 37.4 Å². The molecule has 0 aliphatic heterocycles. The van der Waals surface area contributed by atoms with Crippen molar-refractivity contribution in [2.24, 2.45) is 5.92 Å². The molecule has 0 aromatic heterocycles. The van der Waals surface area contributed by atoms with E-state index in [9.17, 15) is 4.79 Å². The smallest absolute Gasteiger partial charge is 0.306 e. The molecule has 1 aliphatic carbocycles. The number of hydrogen-bond donors (Lipinski definition) is 1. The molecule has 0 amide bonds. The standard InChI is InChI=1S/C17H24ClNO2/c1-2-3-9-21-17(20)11-14(12-5-4-6-12)13-7-8-15(18)16(19)10-13/h7-8,10,12,14H,2-6,9,11,19H2,1H3. The fourth-order valence-corrected chi connectivity index (χ4v) is 2.88. The predicted octanol–water partition coefficient (Wildman–Crippen LogP) is 4.54. The van der Waals surface area contributed by atoms with Crippen LogP contribution in [-0.2, 0) is 9.53 Å². The van der Waals surface area contributed by atoms with Gasteiger partial charge in [-0.05, 0) is 48.8 Å².